The van der Waals surface area contributed by atoms with E-state index >= 15 is 0 Å². The number of hydrogen-bond acceptors (Lipinski definition) is 1. The van der Waals surface area contributed by atoms with E-state index in [0.717, 1.165) is 0 Å². The molecule has 0 saturated carbocycles. The first-order valence-corrected chi connectivity index (χ1v) is 3.07. The van der Waals surface area contributed by atoms with Gasteiger partial charge in [0.15, 0.2) is 0 Å². The summed E-state index contributed by atoms with van der Waals surface area (Å²) in [5, 5.41) is 0. The zero-order chi connectivity index (χ0) is 5.70. The van der Waals surface area contributed by atoms with Gasteiger partial charge in [-0.3, -0.25) is 0 Å². The van der Waals surface area contributed by atoms with Crippen LogP contribution in [0.5, 0.6) is 0 Å². The molecule has 0 amide bonds. The van der Waals surface area contributed by atoms with Crippen molar-refractivity contribution in [2.24, 2.45) is 0 Å². The molecule has 0 saturated heterocycles. The Morgan fingerprint density at radius 2 is 1.11 bits per heavy atom. The first-order valence-electron chi connectivity index (χ1n) is 3.07. The van der Waals surface area contributed by atoms with Gasteiger partial charge in [-0.2, -0.15) is 0 Å². The van der Waals surface area contributed by atoms with Gasteiger partial charge in [-0.15, -0.1) is 0 Å². The van der Waals surface area contributed by atoms with Crippen molar-refractivity contribution in [3.05, 3.63) is 0 Å². The molecule has 0 radical (unpaired) electrons. The smallest absolute Gasteiger partial charge is 1.00 e. The molecular weight excluding hydrogens is 185 g/mol. The molecule has 1 nitrogen and oxygen atoms in total. The molecule has 0 bridgehead atoms. The maximum Gasteiger partial charge on any atom is 1.00 e. The van der Waals surface area contributed by atoms with Gasteiger partial charge in [-0.1, -0.05) is 20.8 Å². The summed E-state index contributed by atoms with van der Waals surface area (Å²) in [4.78, 5) is 2.38. The van der Waals surface area contributed by atoms with Crippen molar-refractivity contribution in [1.29, 1.82) is 0 Å². The van der Waals surface area contributed by atoms with Crippen molar-refractivity contribution < 1.29 is 29.5 Å². The van der Waals surface area contributed by atoms with E-state index < -0.39 is 0 Å². The van der Waals surface area contributed by atoms with Gasteiger partial charge in [0.25, 0.3) is 0 Å². The summed E-state index contributed by atoms with van der Waals surface area (Å²) in [6.45, 7) is 10.1. The Morgan fingerprint density at radius 3 is 1.11 bits per heavy atom. The van der Waals surface area contributed by atoms with Crippen LogP contribution in [0.2, 0.25) is 0 Å². The third-order valence-corrected chi connectivity index (χ3v) is 1.34. The van der Waals surface area contributed by atoms with Crippen LogP contribution in [-0.4, -0.2) is 24.5 Å². The van der Waals surface area contributed by atoms with Gasteiger partial charge >= 0.3 is 17.1 Å². The summed E-state index contributed by atoms with van der Waals surface area (Å²) in [6, 6.07) is 0. The molecule has 0 atom stereocenters. The van der Waals surface area contributed by atoms with E-state index in [1.165, 1.54) is 19.6 Å². The molecule has 0 aliphatic heterocycles. The van der Waals surface area contributed by atoms with Crippen molar-refractivity contribution >= 4 is 0 Å². The number of hydrogen-bond donors (Lipinski definition) is 0. The van der Waals surface area contributed by atoms with E-state index in [9.17, 15) is 0 Å². The fraction of sp³-hybridized carbons (Fsp3) is 1.00. The topological polar surface area (TPSA) is 3.24 Å². The molecule has 62 valence electrons. The van der Waals surface area contributed by atoms with E-state index in [4.69, 9.17) is 0 Å². The van der Waals surface area contributed by atoms with E-state index in [1.54, 1.807) is 0 Å². The average Bonchev–Trinajstić information content (AvgIpc) is 1.72. The Morgan fingerprint density at radius 1 is 0.889 bits per heavy atom. The van der Waals surface area contributed by atoms with E-state index in [-0.39, 0.29) is 29.5 Å². The van der Waals surface area contributed by atoms with Gasteiger partial charge < -0.3 is 17.3 Å². The molecule has 0 aromatic rings. The monoisotopic (exact) mass is 199 g/mol. The molecule has 0 unspecified atom stereocenters. The molecule has 0 spiro atoms. The van der Waals surface area contributed by atoms with Gasteiger partial charge in [0.1, 0.15) is 0 Å². The quantitative estimate of drug-likeness (QED) is 0.493. The predicted molar refractivity (Wildman–Crippen MR) is 33.5 cm³/mol. The number of rotatable bonds is 3. The first-order chi connectivity index (χ1) is 3.35. The summed E-state index contributed by atoms with van der Waals surface area (Å²) in [7, 11) is 0. The van der Waals surface area contributed by atoms with Gasteiger partial charge in [-0.05, 0) is 19.6 Å². The maximum absolute atomic E-state index is 2.38. The Hall–Kier alpha value is 0.769. The van der Waals surface area contributed by atoms with Gasteiger partial charge in [-0.25, -0.2) is 0 Å². The second-order valence-electron chi connectivity index (χ2n) is 1.62. The SMILES string of the molecule is CCN(CC)CC.[Cl-].[Cu+]. The zero-order valence-corrected chi connectivity index (χ0v) is 7.95. The summed E-state index contributed by atoms with van der Waals surface area (Å²) < 4.78 is 0. The summed E-state index contributed by atoms with van der Waals surface area (Å²) in [5.74, 6) is 0. The van der Waals surface area contributed by atoms with Crippen molar-refractivity contribution in [3.8, 4) is 0 Å². The Labute approximate surface area is 75.1 Å². The van der Waals surface area contributed by atoms with Gasteiger partial charge in [0.05, 0.1) is 0 Å². The van der Waals surface area contributed by atoms with Crippen molar-refractivity contribution in [2.75, 3.05) is 19.6 Å². The third kappa shape index (κ3) is 8.77. The molecule has 0 fully saturated rings. The predicted octanol–water partition coefficient (Wildman–Crippen LogP) is -1.65. The molecule has 0 N–H and O–H groups in total. The van der Waals surface area contributed by atoms with Crippen LogP contribution >= 0.6 is 0 Å². The van der Waals surface area contributed by atoms with Crippen molar-refractivity contribution in [3.63, 3.8) is 0 Å². The minimum Gasteiger partial charge on any atom is -1.00 e. The van der Waals surface area contributed by atoms with Gasteiger partial charge in [0.2, 0.25) is 0 Å². The van der Waals surface area contributed by atoms with E-state index in [1.807, 2.05) is 0 Å². The minimum absolute atomic E-state index is 0. The van der Waals surface area contributed by atoms with Crippen LogP contribution in [0.25, 0.3) is 0 Å². The standard InChI is InChI=1S/C6H15N.ClH.Cu/c1-4-7(5-2)6-3;;/h4-6H2,1-3H3;1H;/q;;+1/p-1. The molecule has 0 rings (SSSR count). The molecule has 0 aliphatic rings. The summed E-state index contributed by atoms with van der Waals surface area (Å²) in [6.07, 6.45) is 0. The van der Waals surface area contributed by atoms with Crippen LogP contribution in [0.3, 0.4) is 0 Å². The summed E-state index contributed by atoms with van der Waals surface area (Å²) in [5.41, 5.74) is 0. The second-order valence-corrected chi connectivity index (χ2v) is 1.62. The van der Waals surface area contributed by atoms with Crippen LogP contribution in [0.4, 0.5) is 0 Å². The minimum atomic E-state index is 0. The normalized spacial score (nSPS) is 8.00. The Balaban J connectivity index is -0.000000180. The zero-order valence-electron chi connectivity index (χ0n) is 6.25. The van der Waals surface area contributed by atoms with E-state index in [0.29, 0.717) is 0 Å². The maximum atomic E-state index is 2.38. The molecule has 0 aromatic heterocycles. The number of halogens is 1. The van der Waals surface area contributed by atoms with Crippen LogP contribution in [0.15, 0.2) is 0 Å². The van der Waals surface area contributed by atoms with Crippen LogP contribution < -0.4 is 12.4 Å². The van der Waals surface area contributed by atoms with Gasteiger partial charge in [0, 0.05) is 0 Å². The van der Waals surface area contributed by atoms with Crippen molar-refractivity contribution in [1.82, 2.24) is 4.90 Å². The molecule has 0 aromatic carbocycles. The molecular formula is C6H15ClCuN. The molecule has 9 heavy (non-hydrogen) atoms. The number of nitrogens with zero attached hydrogens (tertiary/aromatic N) is 1. The Kier molecular flexibility index (Phi) is 21.0. The third-order valence-electron chi connectivity index (χ3n) is 1.34. The largest absolute Gasteiger partial charge is 1.00 e. The molecule has 0 aliphatic carbocycles. The fourth-order valence-corrected chi connectivity index (χ4v) is 0.671. The van der Waals surface area contributed by atoms with E-state index in [2.05, 4.69) is 25.7 Å². The van der Waals surface area contributed by atoms with Crippen LogP contribution in [0.1, 0.15) is 20.8 Å². The van der Waals surface area contributed by atoms with Crippen LogP contribution in [0, 0.1) is 0 Å². The average molecular weight is 200 g/mol. The van der Waals surface area contributed by atoms with Crippen LogP contribution in [-0.2, 0) is 17.1 Å². The second kappa shape index (κ2) is 11.6. The van der Waals surface area contributed by atoms with Crippen molar-refractivity contribution in [2.45, 2.75) is 20.8 Å². The fourth-order valence-electron chi connectivity index (χ4n) is 0.671. The molecule has 0 heterocycles. The molecule has 3 heteroatoms. The first kappa shape index (κ1) is 16.4. The Bertz CT molecular complexity index is 34.5. The summed E-state index contributed by atoms with van der Waals surface area (Å²) >= 11 is 0.